The fourth-order valence-electron chi connectivity index (χ4n) is 3.58. The number of sulfonamides is 1. The number of hydrogen-bond donors (Lipinski definition) is 1. The fraction of sp³-hybridized carbons (Fsp3) is 0.409. The Labute approximate surface area is 183 Å². The van der Waals surface area contributed by atoms with Crippen LogP contribution in [0.15, 0.2) is 48.5 Å². The lowest BCUT2D eigenvalue weighted by Gasteiger charge is -2.31. The first-order valence-corrected chi connectivity index (χ1v) is 12.1. The van der Waals surface area contributed by atoms with Gasteiger partial charge in [-0.2, -0.15) is 0 Å². The molecule has 6 nitrogen and oxygen atoms in total. The molecule has 0 bridgehead atoms. The summed E-state index contributed by atoms with van der Waals surface area (Å²) in [5, 5.41) is 3.44. The van der Waals surface area contributed by atoms with Gasteiger partial charge in [0.2, 0.25) is 15.9 Å². The molecule has 162 valence electrons. The number of ether oxygens (including phenoxy) is 1. The van der Waals surface area contributed by atoms with Crippen molar-refractivity contribution >= 4 is 27.5 Å². The first kappa shape index (κ1) is 22.6. The van der Waals surface area contributed by atoms with Gasteiger partial charge in [0.15, 0.2) is 0 Å². The number of hydrogen-bond acceptors (Lipinski definition) is 4. The Balaban J connectivity index is 1.58. The maximum Gasteiger partial charge on any atom is 0.224 e. The van der Waals surface area contributed by atoms with Gasteiger partial charge in [-0.25, -0.2) is 12.7 Å². The van der Waals surface area contributed by atoms with Crippen molar-refractivity contribution in [1.82, 2.24) is 9.62 Å². The van der Waals surface area contributed by atoms with E-state index in [1.165, 1.54) is 4.31 Å². The predicted molar refractivity (Wildman–Crippen MR) is 118 cm³/mol. The van der Waals surface area contributed by atoms with E-state index in [0.717, 1.165) is 11.3 Å². The standard InChI is InChI=1S/C22H27ClN2O4S/c1-2-29-21-10-4-6-17(13-21)14-24-22(26)19-8-5-11-25(15-19)30(27,28)16-18-7-3-9-20(23)12-18/h3-4,6-7,9-10,12-13,19H,2,5,8,11,14-16H2,1H3,(H,24,26). The first-order valence-electron chi connectivity index (χ1n) is 10.1. The zero-order valence-electron chi connectivity index (χ0n) is 17.0. The first-order chi connectivity index (χ1) is 14.4. The summed E-state index contributed by atoms with van der Waals surface area (Å²) in [5.41, 5.74) is 1.58. The van der Waals surface area contributed by atoms with E-state index in [1.54, 1.807) is 24.3 Å². The molecule has 30 heavy (non-hydrogen) atoms. The Kier molecular flexibility index (Phi) is 7.75. The minimum absolute atomic E-state index is 0.119. The molecule has 1 fully saturated rings. The number of amides is 1. The fourth-order valence-corrected chi connectivity index (χ4v) is 5.39. The summed E-state index contributed by atoms with van der Waals surface area (Å²) in [6.07, 6.45) is 1.33. The van der Waals surface area contributed by atoms with Crippen LogP contribution < -0.4 is 10.1 Å². The molecule has 1 aliphatic heterocycles. The third kappa shape index (κ3) is 6.20. The second kappa shape index (κ2) is 10.3. The Morgan fingerprint density at radius 1 is 1.20 bits per heavy atom. The Morgan fingerprint density at radius 2 is 1.97 bits per heavy atom. The Hall–Kier alpha value is -2.09. The average molecular weight is 451 g/mol. The molecular formula is C22H27ClN2O4S. The smallest absolute Gasteiger partial charge is 0.224 e. The van der Waals surface area contributed by atoms with Crippen LogP contribution in [0.5, 0.6) is 5.75 Å². The van der Waals surface area contributed by atoms with Gasteiger partial charge in [-0.1, -0.05) is 35.9 Å². The van der Waals surface area contributed by atoms with Crippen LogP contribution in [0.2, 0.25) is 5.02 Å². The van der Waals surface area contributed by atoms with Crippen molar-refractivity contribution in [2.75, 3.05) is 19.7 Å². The van der Waals surface area contributed by atoms with E-state index < -0.39 is 10.0 Å². The predicted octanol–water partition coefficient (Wildman–Crippen LogP) is 3.60. The number of carbonyl (C=O) groups excluding carboxylic acids is 1. The number of nitrogens with zero attached hydrogens (tertiary/aromatic N) is 1. The Bertz CT molecular complexity index is 981. The van der Waals surface area contributed by atoms with Crippen LogP contribution in [0.4, 0.5) is 0 Å². The zero-order valence-corrected chi connectivity index (χ0v) is 18.6. The molecule has 3 rings (SSSR count). The number of piperidine rings is 1. The lowest BCUT2D eigenvalue weighted by molar-refractivity contribution is -0.126. The van der Waals surface area contributed by atoms with Crippen molar-refractivity contribution in [3.8, 4) is 5.75 Å². The molecule has 1 aliphatic rings. The van der Waals surface area contributed by atoms with Gasteiger partial charge < -0.3 is 10.1 Å². The van der Waals surface area contributed by atoms with Gasteiger partial charge >= 0.3 is 0 Å². The summed E-state index contributed by atoms with van der Waals surface area (Å²) < 4.78 is 32.6. The Morgan fingerprint density at radius 3 is 2.73 bits per heavy atom. The normalized spacial score (nSPS) is 17.5. The summed E-state index contributed by atoms with van der Waals surface area (Å²) in [5.74, 6) is 0.161. The highest BCUT2D eigenvalue weighted by molar-refractivity contribution is 7.88. The summed E-state index contributed by atoms with van der Waals surface area (Å²) in [6, 6.07) is 14.4. The van der Waals surface area contributed by atoms with Gasteiger partial charge in [-0.3, -0.25) is 4.79 Å². The second-order valence-corrected chi connectivity index (χ2v) is 9.79. The van der Waals surface area contributed by atoms with E-state index in [0.29, 0.717) is 43.1 Å². The molecule has 0 radical (unpaired) electrons. The molecule has 1 unspecified atom stereocenters. The number of nitrogens with one attached hydrogen (secondary N) is 1. The van der Waals surface area contributed by atoms with Gasteiger partial charge in [-0.15, -0.1) is 0 Å². The third-order valence-corrected chi connectivity index (χ3v) is 7.11. The molecule has 2 aromatic rings. The lowest BCUT2D eigenvalue weighted by Crippen LogP contribution is -2.45. The number of rotatable bonds is 8. The van der Waals surface area contributed by atoms with Gasteiger partial charge in [0, 0.05) is 24.7 Å². The molecule has 1 N–H and O–H groups in total. The molecule has 0 spiro atoms. The molecule has 0 aromatic heterocycles. The minimum Gasteiger partial charge on any atom is -0.494 e. The van der Waals surface area contributed by atoms with E-state index in [2.05, 4.69) is 5.32 Å². The largest absolute Gasteiger partial charge is 0.494 e. The minimum atomic E-state index is -3.52. The van der Waals surface area contributed by atoms with Crippen molar-refractivity contribution < 1.29 is 17.9 Å². The van der Waals surface area contributed by atoms with Crippen molar-refractivity contribution in [3.05, 3.63) is 64.7 Å². The summed E-state index contributed by atoms with van der Waals surface area (Å²) in [7, 11) is -3.52. The molecular weight excluding hydrogens is 424 g/mol. The van der Waals surface area contributed by atoms with Gasteiger partial charge in [0.05, 0.1) is 18.3 Å². The molecule has 0 aliphatic carbocycles. The molecule has 8 heteroatoms. The van der Waals surface area contributed by atoms with Crippen LogP contribution in [-0.4, -0.2) is 38.3 Å². The van der Waals surface area contributed by atoms with Crippen molar-refractivity contribution in [2.45, 2.75) is 32.1 Å². The second-order valence-electron chi connectivity index (χ2n) is 7.38. The highest BCUT2D eigenvalue weighted by atomic mass is 35.5. The molecule has 2 aromatic carbocycles. The quantitative estimate of drug-likeness (QED) is 0.666. The van der Waals surface area contributed by atoms with Crippen LogP contribution >= 0.6 is 11.6 Å². The maximum absolute atomic E-state index is 12.9. The molecule has 0 saturated carbocycles. The SMILES string of the molecule is CCOc1cccc(CNC(=O)C2CCCN(S(=O)(=O)Cc3cccc(Cl)c3)C2)c1. The monoisotopic (exact) mass is 450 g/mol. The topological polar surface area (TPSA) is 75.7 Å². The number of halogens is 1. The van der Waals surface area contributed by atoms with Crippen molar-refractivity contribution in [1.29, 1.82) is 0 Å². The van der Waals surface area contributed by atoms with Crippen LogP contribution in [-0.2, 0) is 27.1 Å². The highest BCUT2D eigenvalue weighted by Gasteiger charge is 2.32. The van der Waals surface area contributed by atoms with Crippen LogP contribution in [0.3, 0.4) is 0 Å². The lowest BCUT2D eigenvalue weighted by atomic mass is 9.99. The van der Waals surface area contributed by atoms with E-state index in [4.69, 9.17) is 16.3 Å². The van der Waals surface area contributed by atoms with E-state index in [1.807, 2.05) is 31.2 Å². The summed E-state index contributed by atoms with van der Waals surface area (Å²) in [6.45, 7) is 3.52. The summed E-state index contributed by atoms with van der Waals surface area (Å²) in [4.78, 5) is 12.7. The number of carbonyl (C=O) groups is 1. The number of benzene rings is 2. The average Bonchev–Trinajstić information content (AvgIpc) is 2.72. The summed E-state index contributed by atoms with van der Waals surface area (Å²) >= 11 is 5.97. The van der Waals surface area contributed by atoms with Crippen molar-refractivity contribution in [2.24, 2.45) is 5.92 Å². The maximum atomic E-state index is 12.9. The highest BCUT2D eigenvalue weighted by Crippen LogP contribution is 2.23. The van der Waals surface area contributed by atoms with Gasteiger partial charge in [-0.05, 0) is 55.2 Å². The van der Waals surface area contributed by atoms with E-state index in [-0.39, 0.29) is 24.1 Å². The molecule has 1 saturated heterocycles. The van der Waals surface area contributed by atoms with Crippen LogP contribution in [0, 0.1) is 5.92 Å². The van der Waals surface area contributed by atoms with Crippen LogP contribution in [0.25, 0.3) is 0 Å². The van der Waals surface area contributed by atoms with Crippen molar-refractivity contribution in [3.63, 3.8) is 0 Å². The van der Waals surface area contributed by atoms with Crippen LogP contribution in [0.1, 0.15) is 30.9 Å². The van der Waals surface area contributed by atoms with E-state index >= 15 is 0 Å². The zero-order chi connectivity index (χ0) is 21.6. The van der Waals surface area contributed by atoms with E-state index in [9.17, 15) is 13.2 Å². The molecule has 1 atom stereocenters. The molecule has 1 heterocycles. The molecule has 1 amide bonds. The third-order valence-electron chi connectivity index (χ3n) is 5.06. The van der Waals surface area contributed by atoms with Gasteiger partial charge in [0.25, 0.3) is 0 Å². The van der Waals surface area contributed by atoms with Gasteiger partial charge in [0.1, 0.15) is 5.75 Å².